The van der Waals surface area contributed by atoms with Gasteiger partial charge in [-0.15, -0.1) is 0 Å². The molecule has 4 aromatic rings. The average Bonchev–Trinajstić information content (AvgIpc) is 3.50. The lowest BCUT2D eigenvalue weighted by Crippen LogP contribution is -2.46. The summed E-state index contributed by atoms with van der Waals surface area (Å²) in [5, 5.41) is 8.37. The fraction of sp³-hybridized carbons (Fsp3) is 0.375. The van der Waals surface area contributed by atoms with Gasteiger partial charge in [0.05, 0.1) is 29.7 Å². The van der Waals surface area contributed by atoms with Gasteiger partial charge in [-0.25, -0.2) is 9.48 Å². The second-order valence-corrected chi connectivity index (χ2v) is 11.1. The summed E-state index contributed by atoms with van der Waals surface area (Å²) in [6.45, 7) is 6.97. The van der Waals surface area contributed by atoms with Crippen LogP contribution in [0.1, 0.15) is 86.0 Å². The molecule has 2 amide bonds. The number of para-hydroxylation sites is 1. The normalized spacial score (nSPS) is 17.7. The number of aryl methyl sites for hydroxylation is 1. The molecule has 0 saturated heterocycles. The van der Waals surface area contributed by atoms with Crippen molar-refractivity contribution in [2.45, 2.75) is 77.4 Å². The molecule has 1 unspecified atom stereocenters. The largest absolute Gasteiger partial charge is 0.335 e. The number of nitrogens with one attached hydrogen (secondary N) is 1. The number of fused-ring (bicyclic) bond motifs is 3. The van der Waals surface area contributed by atoms with Crippen LogP contribution in [-0.2, 0) is 6.54 Å². The molecule has 196 valence electrons. The van der Waals surface area contributed by atoms with Crippen LogP contribution in [0.3, 0.4) is 0 Å². The average molecular weight is 508 g/mol. The summed E-state index contributed by atoms with van der Waals surface area (Å²) in [6, 6.07) is 23.3. The standard InChI is InChI=1S/C32H37N5O/c1-22(2)24-16-18-25(19-17-24)30-29-15-10-20-35(29)31-28(23(3)34-37(31)27-13-8-5-9-14-27)21-36(30)32(38)33-26-11-6-4-7-12-26/h5,8-10,13-20,22,26,30H,4,6-7,11-12,21H2,1-3H3,(H,33,38). The third kappa shape index (κ3) is 4.42. The number of hydrogen-bond acceptors (Lipinski definition) is 2. The van der Waals surface area contributed by atoms with E-state index >= 15 is 0 Å². The van der Waals surface area contributed by atoms with Gasteiger partial charge in [-0.2, -0.15) is 5.10 Å². The molecular formula is C32H37N5O. The SMILES string of the molecule is Cc1nn(-c2ccccc2)c2c1CN(C(=O)NC1CCCCC1)C(c1ccc(C(C)C)cc1)c1cccn1-2. The molecule has 0 bridgehead atoms. The zero-order valence-corrected chi connectivity index (χ0v) is 22.6. The summed E-state index contributed by atoms with van der Waals surface area (Å²) in [5.74, 6) is 1.46. The van der Waals surface area contributed by atoms with E-state index < -0.39 is 0 Å². The van der Waals surface area contributed by atoms with Crippen LogP contribution in [0.15, 0.2) is 72.9 Å². The monoisotopic (exact) mass is 507 g/mol. The minimum Gasteiger partial charge on any atom is -0.335 e. The third-order valence-electron chi connectivity index (χ3n) is 8.20. The highest BCUT2D eigenvalue weighted by Gasteiger charge is 2.36. The van der Waals surface area contributed by atoms with Crippen molar-refractivity contribution in [1.82, 2.24) is 24.6 Å². The van der Waals surface area contributed by atoms with E-state index in [1.165, 1.54) is 24.8 Å². The van der Waals surface area contributed by atoms with Gasteiger partial charge in [0.1, 0.15) is 5.82 Å². The van der Waals surface area contributed by atoms with Gasteiger partial charge in [0.15, 0.2) is 0 Å². The van der Waals surface area contributed by atoms with Gasteiger partial charge in [0.25, 0.3) is 0 Å². The van der Waals surface area contributed by atoms with Crippen LogP contribution >= 0.6 is 0 Å². The Kier molecular flexibility index (Phi) is 6.56. The number of hydrogen-bond donors (Lipinski definition) is 1. The Hall–Kier alpha value is -3.80. The Morgan fingerprint density at radius 2 is 1.68 bits per heavy atom. The van der Waals surface area contributed by atoms with Crippen LogP contribution in [0.25, 0.3) is 11.5 Å². The van der Waals surface area contributed by atoms with Gasteiger partial charge in [-0.1, -0.05) is 75.6 Å². The molecular weight excluding hydrogens is 470 g/mol. The molecule has 1 aliphatic carbocycles. The van der Waals surface area contributed by atoms with E-state index in [-0.39, 0.29) is 18.1 Å². The van der Waals surface area contributed by atoms with E-state index in [1.54, 1.807) is 0 Å². The smallest absolute Gasteiger partial charge is 0.318 e. The molecule has 1 fully saturated rings. The number of nitrogens with zero attached hydrogens (tertiary/aromatic N) is 4. The van der Waals surface area contributed by atoms with Gasteiger partial charge in [-0.3, -0.25) is 0 Å². The fourth-order valence-electron chi connectivity index (χ4n) is 6.07. The molecule has 2 aromatic heterocycles. The molecule has 1 N–H and O–H groups in total. The maximum Gasteiger partial charge on any atom is 0.318 e. The van der Waals surface area contributed by atoms with Gasteiger partial charge < -0.3 is 14.8 Å². The van der Waals surface area contributed by atoms with Gasteiger partial charge in [0, 0.05) is 17.8 Å². The van der Waals surface area contributed by atoms with E-state index in [9.17, 15) is 4.79 Å². The van der Waals surface area contributed by atoms with Gasteiger partial charge in [-0.05, 0) is 61.1 Å². The Labute approximate surface area is 225 Å². The minimum absolute atomic E-state index is 0.00213. The Balaban J connectivity index is 1.49. The first-order valence-electron chi connectivity index (χ1n) is 14.0. The fourth-order valence-corrected chi connectivity index (χ4v) is 6.07. The lowest BCUT2D eigenvalue weighted by atomic mass is 9.95. The van der Waals surface area contributed by atoms with Crippen molar-refractivity contribution in [2.75, 3.05) is 0 Å². The van der Waals surface area contributed by atoms with Gasteiger partial charge in [0.2, 0.25) is 0 Å². The molecule has 3 heterocycles. The van der Waals surface area contributed by atoms with Crippen molar-refractivity contribution < 1.29 is 4.79 Å². The van der Waals surface area contributed by atoms with E-state index in [0.29, 0.717) is 12.5 Å². The first kappa shape index (κ1) is 24.5. The lowest BCUT2D eigenvalue weighted by Gasteiger charge is -2.33. The van der Waals surface area contributed by atoms with Crippen LogP contribution < -0.4 is 5.32 Å². The Morgan fingerprint density at radius 1 is 0.947 bits per heavy atom. The quantitative estimate of drug-likeness (QED) is 0.322. The summed E-state index contributed by atoms with van der Waals surface area (Å²) in [7, 11) is 0. The van der Waals surface area contributed by atoms with Crippen molar-refractivity contribution in [1.29, 1.82) is 0 Å². The van der Waals surface area contributed by atoms with E-state index in [0.717, 1.165) is 46.9 Å². The number of aromatic nitrogens is 3. The first-order valence-corrected chi connectivity index (χ1v) is 14.0. The van der Waals surface area contributed by atoms with Crippen molar-refractivity contribution in [3.05, 3.63) is 101 Å². The predicted molar refractivity (Wildman–Crippen MR) is 151 cm³/mol. The molecule has 0 spiro atoms. The molecule has 2 aliphatic rings. The molecule has 1 aliphatic heterocycles. The molecule has 6 heteroatoms. The van der Waals surface area contributed by atoms with Crippen molar-refractivity contribution in [3.63, 3.8) is 0 Å². The summed E-state index contributed by atoms with van der Waals surface area (Å²) in [5.41, 5.74) is 6.51. The Bertz CT molecular complexity index is 1410. The van der Waals surface area contributed by atoms with E-state index in [1.807, 2.05) is 27.8 Å². The lowest BCUT2D eigenvalue weighted by molar-refractivity contribution is 0.173. The molecule has 38 heavy (non-hydrogen) atoms. The molecule has 0 radical (unpaired) electrons. The maximum atomic E-state index is 14.1. The molecule has 6 nitrogen and oxygen atoms in total. The van der Waals surface area contributed by atoms with E-state index in [2.05, 4.69) is 85.4 Å². The molecule has 1 atom stereocenters. The van der Waals surface area contributed by atoms with Crippen LogP contribution in [0.2, 0.25) is 0 Å². The van der Waals surface area contributed by atoms with Gasteiger partial charge >= 0.3 is 6.03 Å². The number of benzene rings is 2. The summed E-state index contributed by atoms with van der Waals surface area (Å²) in [6.07, 6.45) is 7.84. The van der Waals surface area contributed by atoms with Crippen LogP contribution in [-0.4, -0.2) is 31.3 Å². The summed E-state index contributed by atoms with van der Waals surface area (Å²) in [4.78, 5) is 16.1. The number of carbonyl (C=O) groups excluding carboxylic acids is 1. The van der Waals surface area contributed by atoms with E-state index in [4.69, 9.17) is 5.10 Å². The number of rotatable bonds is 4. The molecule has 1 saturated carbocycles. The Morgan fingerprint density at radius 3 is 2.39 bits per heavy atom. The summed E-state index contributed by atoms with van der Waals surface area (Å²) >= 11 is 0. The second-order valence-electron chi connectivity index (χ2n) is 11.1. The maximum absolute atomic E-state index is 14.1. The molecule has 2 aromatic carbocycles. The summed E-state index contributed by atoms with van der Waals surface area (Å²) < 4.78 is 4.26. The first-order chi connectivity index (χ1) is 18.5. The zero-order valence-electron chi connectivity index (χ0n) is 22.6. The number of carbonyl (C=O) groups is 1. The van der Waals surface area contributed by atoms with Crippen molar-refractivity contribution in [3.8, 4) is 11.5 Å². The van der Waals surface area contributed by atoms with Crippen molar-refractivity contribution in [2.24, 2.45) is 0 Å². The third-order valence-corrected chi connectivity index (χ3v) is 8.20. The highest BCUT2D eigenvalue weighted by Crippen LogP contribution is 2.39. The van der Waals surface area contributed by atoms with Crippen LogP contribution in [0.4, 0.5) is 4.79 Å². The number of amides is 2. The number of urea groups is 1. The minimum atomic E-state index is -0.217. The van der Waals surface area contributed by atoms with Crippen LogP contribution in [0, 0.1) is 6.92 Å². The molecule has 6 rings (SSSR count). The highest BCUT2D eigenvalue weighted by molar-refractivity contribution is 5.76. The second kappa shape index (κ2) is 10.2. The zero-order chi connectivity index (χ0) is 26.2. The topological polar surface area (TPSA) is 55.1 Å². The highest BCUT2D eigenvalue weighted by atomic mass is 16.2. The van der Waals surface area contributed by atoms with Crippen LogP contribution in [0.5, 0.6) is 0 Å². The predicted octanol–water partition coefficient (Wildman–Crippen LogP) is 7.04. The van der Waals surface area contributed by atoms with Crippen molar-refractivity contribution >= 4 is 6.03 Å².